The maximum atomic E-state index is 12.8. The Kier molecular flexibility index (Phi) is 2.89. The number of halogens is 3. The lowest BCUT2D eigenvalue weighted by molar-refractivity contribution is -0.137. The van der Waals surface area contributed by atoms with Crippen LogP contribution in [0.5, 0.6) is 11.5 Å². The van der Waals surface area contributed by atoms with E-state index in [0.29, 0.717) is 22.5 Å². The molecule has 0 spiro atoms. The smallest absolute Gasteiger partial charge is 0.519 e. The number of hydrogen-bond donors (Lipinski definition) is 0. The van der Waals surface area contributed by atoms with Crippen molar-refractivity contribution in [3.05, 3.63) is 53.6 Å². The molecule has 2 nitrogen and oxygen atoms in total. The Hall–Kier alpha value is -2.11. The zero-order chi connectivity index (χ0) is 14.3. The van der Waals surface area contributed by atoms with Crippen LogP contribution in [0.1, 0.15) is 11.1 Å². The molecule has 0 N–H and O–H groups in total. The molecular formula is C14H10BF3O2. The second-order valence-electron chi connectivity index (χ2n) is 4.64. The molecule has 0 saturated carbocycles. The van der Waals surface area contributed by atoms with E-state index in [4.69, 9.17) is 9.31 Å². The molecule has 6 heteroatoms. The molecule has 0 saturated heterocycles. The lowest BCUT2D eigenvalue weighted by Gasteiger charge is -2.11. The van der Waals surface area contributed by atoms with Crippen molar-refractivity contribution in [3.8, 4) is 11.5 Å². The Morgan fingerprint density at radius 2 is 1.55 bits per heavy atom. The summed E-state index contributed by atoms with van der Waals surface area (Å²) in [6, 6.07) is 10.8. The Labute approximate surface area is 114 Å². The molecule has 1 aliphatic heterocycles. The summed E-state index contributed by atoms with van der Waals surface area (Å²) in [6.45, 7) is 1.61. The van der Waals surface area contributed by atoms with Crippen molar-refractivity contribution >= 4 is 12.6 Å². The van der Waals surface area contributed by atoms with Crippen LogP contribution in [0.2, 0.25) is 0 Å². The SMILES string of the molecule is Cc1cc(B2Oc3ccccc3O2)cc(C(F)(F)F)c1. The van der Waals surface area contributed by atoms with E-state index >= 15 is 0 Å². The maximum absolute atomic E-state index is 12.8. The number of hydrogen-bond acceptors (Lipinski definition) is 2. The zero-order valence-corrected chi connectivity index (χ0v) is 10.6. The van der Waals surface area contributed by atoms with E-state index < -0.39 is 18.9 Å². The van der Waals surface area contributed by atoms with Crippen molar-refractivity contribution in [2.24, 2.45) is 0 Å². The fraction of sp³-hybridized carbons (Fsp3) is 0.143. The van der Waals surface area contributed by atoms with Gasteiger partial charge in [0, 0.05) is 5.46 Å². The van der Waals surface area contributed by atoms with Gasteiger partial charge in [-0.3, -0.25) is 0 Å². The van der Waals surface area contributed by atoms with E-state index in [0.717, 1.165) is 12.1 Å². The molecule has 0 unspecified atom stereocenters. The van der Waals surface area contributed by atoms with E-state index in [-0.39, 0.29) is 0 Å². The molecule has 0 amide bonds. The van der Waals surface area contributed by atoms with Crippen molar-refractivity contribution < 1.29 is 22.5 Å². The van der Waals surface area contributed by atoms with Crippen LogP contribution in [0.15, 0.2) is 42.5 Å². The van der Waals surface area contributed by atoms with Crippen LogP contribution >= 0.6 is 0 Å². The minimum absolute atomic E-state index is 0.355. The normalized spacial score (nSPS) is 13.7. The first-order chi connectivity index (χ1) is 9.43. The summed E-state index contributed by atoms with van der Waals surface area (Å²) in [7, 11) is -0.839. The van der Waals surface area contributed by atoms with Gasteiger partial charge in [0.05, 0.1) is 5.56 Å². The van der Waals surface area contributed by atoms with E-state index in [1.165, 1.54) is 0 Å². The summed E-state index contributed by atoms with van der Waals surface area (Å²) in [5.74, 6) is 1.07. The third-order valence-electron chi connectivity index (χ3n) is 3.02. The maximum Gasteiger partial charge on any atom is 0.632 e. The minimum Gasteiger partial charge on any atom is -0.519 e. The van der Waals surface area contributed by atoms with Gasteiger partial charge in [0.2, 0.25) is 0 Å². The second kappa shape index (κ2) is 4.47. The van der Waals surface area contributed by atoms with Crippen molar-refractivity contribution in [2.75, 3.05) is 0 Å². The molecule has 1 aliphatic rings. The molecule has 3 rings (SSSR count). The first-order valence-corrected chi connectivity index (χ1v) is 6.04. The first kappa shape index (κ1) is 12.9. The standard InChI is InChI=1S/C14H10BF3O2/c1-9-6-10(14(16,17)18)8-11(7-9)15-19-12-4-2-3-5-13(12)20-15/h2-8H,1H3. The number of aryl methyl sites for hydroxylation is 1. The monoisotopic (exact) mass is 278 g/mol. The van der Waals surface area contributed by atoms with Crippen molar-refractivity contribution in [3.63, 3.8) is 0 Å². The Bertz CT molecular complexity index is 630. The zero-order valence-electron chi connectivity index (χ0n) is 10.6. The molecule has 2 aromatic rings. The number of para-hydroxylation sites is 2. The summed E-state index contributed by atoms with van der Waals surface area (Å²) < 4.78 is 49.5. The van der Waals surface area contributed by atoms with Crippen LogP contribution in [0, 0.1) is 6.92 Å². The van der Waals surface area contributed by atoms with Gasteiger partial charge in [-0.2, -0.15) is 13.2 Å². The van der Waals surface area contributed by atoms with Gasteiger partial charge in [-0.15, -0.1) is 0 Å². The van der Waals surface area contributed by atoms with Crippen LogP contribution in [-0.4, -0.2) is 7.12 Å². The Balaban J connectivity index is 1.95. The molecule has 1 heterocycles. The highest BCUT2D eigenvalue weighted by Gasteiger charge is 2.37. The van der Waals surface area contributed by atoms with Gasteiger partial charge in [-0.25, -0.2) is 0 Å². The van der Waals surface area contributed by atoms with Gasteiger partial charge in [0.25, 0.3) is 0 Å². The lowest BCUT2D eigenvalue weighted by atomic mass is 9.77. The molecule has 2 aromatic carbocycles. The highest BCUT2D eigenvalue weighted by Crippen LogP contribution is 2.33. The molecule has 0 atom stereocenters. The van der Waals surface area contributed by atoms with Gasteiger partial charge in [-0.1, -0.05) is 23.8 Å². The van der Waals surface area contributed by atoms with Gasteiger partial charge >= 0.3 is 13.3 Å². The first-order valence-electron chi connectivity index (χ1n) is 6.04. The second-order valence-corrected chi connectivity index (χ2v) is 4.64. The van der Waals surface area contributed by atoms with Crippen LogP contribution < -0.4 is 14.8 Å². The predicted octanol–water partition coefficient (Wildman–Crippen LogP) is 3.18. The molecule has 0 fully saturated rings. The third-order valence-corrected chi connectivity index (χ3v) is 3.02. The number of fused-ring (bicyclic) bond motifs is 1. The number of alkyl halides is 3. The molecular weight excluding hydrogens is 268 g/mol. The molecule has 0 bridgehead atoms. The van der Waals surface area contributed by atoms with Crippen LogP contribution in [-0.2, 0) is 6.18 Å². The summed E-state index contributed by atoms with van der Waals surface area (Å²) >= 11 is 0. The third kappa shape index (κ3) is 2.33. The van der Waals surface area contributed by atoms with E-state index in [2.05, 4.69) is 0 Å². The molecule has 0 aromatic heterocycles. The largest absolute Gasteiger partial charge is 0.632 e. The summed E-state index contributed by atoms with van der Waals surface area (Å²) in [5, 5.41) is 0. The van der Waals surface area contributed by atoms with Crippen molar-refractivity contribution in [2.45, 2.75) is 13.1 Å². The fourth-order valence-electron chi connectivity index (χ4n) is 2.15. The number of rotatable bonds is 1. The van der Waals surface area contributed by atoms with E-state index in [1.807, 2.05) is 0 Å². The lowest BCUT2D eigenvalue weighted by Crippen LogP contribution is -2.39. The van der Waals surface area contributed by atoms with Gasteiger partial charge in [-0.05, 0) is 31.2 Å². The van der Waals surface area contributed by atoms with Gasteiger partial charge < -0.3 is 9.31 Å². The van der Waals surface area contributed by atoms with E-state index in [1.54, 1.807) is 37.3 Å². The Morgan fingerprint density at radius 3 is 2.10 bits per heavy atom. The topological polar surface area (TPSA) is 18.5 Å². The minimum atomic E-state index is -4.38. The van der Waals surface area contributed by atoms with Crippen molar-refractivity contribution in [1.29, 1.82) is 0 Å². The average Bonchev–Trinajstić information content (AvgIpc) is 2.80. The summed E-state index contributed by atoms with van der Waals surface area (Å²) in [4.78, 5) is 0. The van der Waals surface area contributed by atoms with Crippen LogP contribution in [0.4, 0.5) is 13.2 Å². The molecule has 0 aliphatic carbocycles. The van der Waals surface area contributed by atoms with Crippen molar-refractivity contribution in [1.82, 2.24) is 0 Å². The quantitative estimate of drug-likeness (QED) is 0.746. The van der Waals surface area contributed by atoms with Crippen LogP contribution in [0.3, 0.4) is 0 Å². The van der Waals surface area contributed by atoms with Gasteiger partial charge in [0.15, 0.2) is 0 Å². The molecule has 102 valence electrons. The Morgan fingerprint density at radius 1 is 0.950 bits per heavy atom. The highest BCUT2D eigenvalue weighted by molar-refractivity contribution is 6.63. The number of benzene rings is 2. The summed E-state index contributed by atoms with van der Waals surface area (Å²) in [5.41, 5.74) is 0.169. The fourth-order valence-corrected chi connectivity index (χ4v) is 2.15. The van der Waals surface area contributed by atoms with Gasteiger partial charge in [0.1, 0.15) is 11.5 Å². The van der Waals surface area contributed by atoms with E-state index in [9.17, 15) is 13.2 Å². The molecule has 0 radical (unpaired) electrons. The highest BCUT2D eigenvalue weighted by atomic mass is 19.4. The molecule has 20 heavy (non-hydrogen) atoms. The summed E-state index contributed by atoms with van der Waals surface area (Å²) in [6.07, 6.45) is -4.38. The van der Waals surface area contributed by atoms with Crippen LogP contribution in [0.25, 0.3) is 0 Å². The average molecular weight is 278 g/mol. The predicted molar refractivity (Wildman–Crippen MR) is 69.3 cm³/mol.